The van der Waals surface area contributed by atoms with Gasteiger partial charge in [-0.05, 0) is 31.0 Å². The molecule has 5 heteroatoms. The lowest BCUT2D eigenvalue weighted by Crippen LogP contribution is -2.08. The molecule has 1 unspecified atom stereocenters. The van der Waals surface area contributed by atoms with Gasteiger partial charge in [-0.1, -0.05) is 11.6 Å². The molecule has 16 heavy (non-hydrogen) atoms. The highest BCUT2D eigenvalue weighted by atomic mass is 35.5. The summed E-state index contributed by atoms with van der Waals surface area (Å²) in [4.78, 5) is 4.34. The minimum atomic E-state index is -0.0125. The normalized spacial score (nSPS) is 12.8. The molecule has 2 N–H and O–H groups in total. The van der Waals surface area contributed by atoms with Crippen LogP contribution >= 0.6 is 11.6 Å². The van der Waals surface area contributed by atoms with Gasteiger partial charge in [0.25, 0.3) is 0 Å². The van der Waals surface area contributed by atoms with Crippen molar-refractivity contribution in [2.24, 2.45) is 5.73 Å². The summed E-state index contributed by atoms with van der Waals surface area (Å²) >= 11 is 5.81. The first-order valence-electron chi connectivity index (χ1n) is 5.00. The van der Waals surface area contributed by atoms with Crippen LogP contribution in [0.2, 0.25) is 5.02 Å². The summed E-state index contributed by atoms with van der Waals surface area (Å²) in [5, 5.41) is 4.71. The molecule has 1 atom stereocenters. The monoisotopic (exact) mass is 236 g/mol. The molecule has 0 aliphatic carbocycles. The first-order chi connectivity index (χ1) is 7.58. The smallest absolute Gasteiger partial charge is 0.156 e. The molecule has 2 aromatic heterocycles. The van der Waals surface area contributed by atoms with Gasteiger partial charge in [-0.2, -0.15) is 5.10 Å². The van der Waals surface area contributed by atoms with Crippen LogP contribution in [0.4, 0.5) is 0 Å². The SMILES string of the molecule is Cc1cc(C(C)N)cnc1-n1cc(Cl)cn1. The number of aryl methyl sites for hydroxylation is 1. The van der Waals surface area contributed by atoms with Crippen molar-refractivity contribution in [1.29, 1.82) is 0 Å². The Bertz CT molecular complexity index is 504. The Morgan fingerprint density at radius 3 is 2.69 bits per heavy atom. The minimum Gasteiger partial charge on any atom is -0.324 e. The van der Waals surface area contributed by atoms with E-state index >= 15 is 0 Å². The number of nitrogens with two attached hydrogens (primary N) is 1. The largest absolute Gasteiger partial charge is 0.324 e. The predicted molar refractivity (Wildman–Crippen MR) is 63.7 cm³/mol. The zero-order valence-corrected chi connectivity index (χ0v) is 9.94. The molecule has 2 rings (SSSR count). The standard InChI is InChI=1S/C11H13ClN4/c1-7-3-9(8(2)13)4-14-11(7)16-6-10(12)5-15-16/h3-6,8H,13H2,1-2H3. The van der Waals surface area contributed by atoms with Crippen LogP contribution in [0.15, 0.2) is 24.7 Å². The molecule has 0 radical (unpaired) electrons. The first-order valence-corrected chi connectivity index (χ1v) is 5.38. The van der Waals surface area contributed by atoms with Crippen molar-refractivity contribution >= 4 is 11.6 Å². The lowest BCUT2D eigenvalue weighted by atomic mass is 10.1. The number of hydrogen-bond acceptors (Lipinski definition) is 3. The van der Waals surface area contributed by atoms with Gasteiger partial charge in [0.1, 0.15) is 0 Å². The van der Waals surface area contributed by atoms with Crippen LogP contribution in [0.1, 0.15) is 24.1 Å². The van der Waals surface area contributed by atoms with Crippen LogP contribution in [-0.2, 0) is 0 Å². The summed E-state index contributed by atoms with van der Waals surface area (Å²) in [6.45, 7) is 3.91. The Labute approximate surface area is 99.1 Å². The summed E-state index contributed by atoms with van der Waals surface area (Å²) < 4.78 is 1.66. The fraction of sp³-hybridized carbons (Fsp3) is 0.273. The van der Waals surface area contributed by atoms with Crippen molar-refractivity contribution in [1.82, 2.24) is 14.8 Å². The lowest BCUT2D eigenvalue weighted by molar-refractivity contribution is 0.791. The van der Waals surface area contributed by atoms with Crippen LogP contribution < -0.4 is 5.73 Å². The van der Waals surface area contributed by atoms with Crippen molar-refractivity contribution in [3.8, 4) is 5.82 Å². The van der Waals surface area contributed by atoms with Gasteiger partial charge in [0.2, 0.25) is 0 Å². The molecule has 84 valence electrons. The number of nitrogens with zero attached hydrogens (tertiary/aromatic N) is 3. The maximum absolute atomic E-state index is 5.81. The zero-order valence-electron chi connectivity index (χ0n) is 9.18. The Morgan fingerprint density at radius 2 is 2.19 bits per heavy atom. The van der Waals surface area contributed by atoms with E-state index in [9.17, 15) is 0 Å². The first kappa shape index (κ1) is 11.1. The highest BCUT2D eigenvalue weighted by Gasteiger charge is 2.07. The fourth-order valence-electron chi connectivity index (χ4n) is 1.49. The van der Waals surface area contributed by atoms with E-state index in [-0.39, 0.29) is 6.04 Å². The van der Waals surface area contributed by atoms with Crippen LogP contribution in [0.25, 0.3) is 5.82 Å². The third kappa shape index (κ3) is 2.08. The maximum atomic E-state index is 5.81. The van der Waals surface area contributed by atoms with Gasteiger partial charge in [0, 0.05) is 12.2 Å². The van der Waals surface area contributed by atoms with Crippen LogP contribution in [-0.4, -0.2) is 14.8 Å². The molecular weight excluding hydrogens is 224 g/mol. The third-order valence-corrected chi connectivity index (χ3v) is 2.56. The highest BCUT2D eigenvalue weighted by Crippen LogP contribution is 2.17. The second kappa shape index (κ2) is 4.23. The molecule has 0 aliphatic rings. The van der Waals surface area contributed by atoms with Crippen molar-refractivity contribution in [2.45, 2.75) is 19.9 Å². The Kier molecular flexibility index (Phi) is 2.94. The van der Waals surface area contributed by atoms with Gasteiger partial charge in [-0.25, -0.2) is 9.67 Å². The Morgan fingerprint density at radius 1 is 1.44 bits per heavy atom. The van der Waals surface area contributed by atoms with E-state index in [1.165, 1.54) is 0 Å². The van der Waals surface area contributed by atoms with E-state index in [0.29, 0.717) is 5.02 Å². The molecule has 0 bridgehead atoms. The van der Waals surface area contributed by atoms with E-state index in [1.54, 1.807) is 23.3 Å². The van der Waals surface area contributed by atoms with Gasteiger partial charge < -0.3 is 5.73 Å². The molecule has 0 amide bonds. The number of halogens is 1. The van der Waals surface area contributed by atoms with E-state index < -0.39 is 0 Å². The summed E-state index contributed by atoms with van der Waals surface area (Å²) in [6.07, 6.45) is 5.08. The quantitative estimate of drug-likeness (QED) is 0.870. The predicted octanol–water partition coefficient (Wildman–Crippen LogP) is 2.25. The van der Waals surface area contributed by atoms with Crippen LogP contribution in [0, 0.1) is 6.92 Å². The molecule has 0 aromatic carbocycles. The van der Waals surface area contributed by atoms with E-state index in [4.69, 9.17) is 17.3 Å². The highest BCUT2D eigenvalue weighted by molar-refractivity contribution is 6.30. The maximum Gasteiger partial charge on any atom is 0.156 e. The van der Waals surface area contributed by atoms with E-state index in [0.717, 1.165) is 16.9 Å². The lowest BCUT2D eigenvalue weighted by Gasteiger charge is -2.09. The fourth-order valence-corrected chi connectivity index (χ4v) is 1.63. The number of hydrogen-bond donors (Lipinski definition) is 1. The molecule has 0 saturated heterocycles. The van der Waals surface area contributed by atoms with Gasteiger partial charge in [-0.3, -0.25) is 0 Å². The topological polar surface area (TPSA) is 56.7 Å². The van der Waals surface area contributed by atoms with Crippen LogP contribution in [0.3, 0.4) is 0 Å². The molecule has 2 aromatic rings. The van der Waals surface area contributed by atoms with Gasteiger partial charge >= 0.3 is 0 Å². The second-order valence-electron chi connectivity index (χ2n) is 3.80. The summed E-state index contributed by atoms with van der Waals surface area (Å²) in [7, 11) is 0. The van der Waals surface area contributed by atoms with Crippen molar-refractivity contribution < 1.29 is 0 Å². The van der Waals surface area contributed by atoms with Crippen LogP contribution in [0.5, 0.6) is 0 Å². The van der Waals surface area contributed by atoms with Gasteiger partial charge in [-0.15, -0.1) is 0 Å². The molecule has 0 aliphatic heterocycles. The molecule has 4 nitrogen and oxygen atoms in total. The van der Waals surface area contributed by atoms with E-state index in [2.05, 4.69) is 10.1 Å². The average molecular weight is 237 g/mol. The Balaban J connectivity index is 2.44. The van der Waals surface area contributed by atoms with Crippen molar-refractivity contribution in [3.05, 3.63) is 40.8 Å². The molecule has 0 spiro atoms. The molecule has 2 heterocycles. The molecule has 0 saturated carbocycles. The number of rotatable bonds is 2. The van der Waals surface area contributed by atoms with Gasteiger partial charge in [0.05, 0.1) is 17.4 Å². The van der Waals surface area contributed by atoms with Gasteiger partial charge in [0.15, 0.2) is 5.82 Å². The van der Waals surface area contributed by atoms with Crippen molar-refractivity contribution in [3.63, 3.8) is 0 Å². The number of pyridine rings is 1. The average Bonchev–Trinajstić information content (AvgIpc) is 2.64. The van der Waals surface area contributed by atoms with E-state index in [1.807, 2.05) is 19.9 Å². The molecule has 0 fully saturated rings. The third-order valence-electron chi connectivity index (χ3n) is 2.37. The zero-order chi connectivity index (χ0) is 11.7. The Hall–Kier alpha value is -1.39. The summed E-state index contributed by atoms with van der Waals surface area (Å²) in [6, 6.07) is 2.00. The summed E-state index contributed by atoms with van der Waals surface area (Å²) in [5.74, 6) is 0.774. The second-order valence-corrected chi connectivity index (χ2v) is 4.24. The molecular formula is C11H13ClN4. The van der Waals surface area contributed by atoms with Crippen molar-refractivity contribution in [2.75, 3.05) is 0 Å². The number of aromatic nitrogens is 3. The summed E-state index contributed by atoms with van der Waals surface area (Å²) in [5.41, 5.74) is 7.83. The minimum absolute atomic E-state index is 0.0125.